The Morgan fingerprint density at radius 1 is 1.32 bits per heavy atom. The van der Waals surface area contributed by atoms with E-state index in [0.29, 0.717) is 6.54 Å². The molecule has 2 atom stereocenters. The Morgan fingerprint density at radius 2 is 2.05 bits per heavy atom. The summed E-state index contributed by atoms with van der Waals surface area (Å²) in [6.45, 7) is 8.31. The van der Waals surface area contributed by atoms with E-state index in [1.165, 1.54) is 43.8 Å². The van der Waals surface area contributed by atoms with Crippen LogP contribution in [0.4, 0.5) is 0 Å². The molecule has 2 heterocycles. The van der Waals surface area contributed by atoms with Crippen LogP contribution in [0.3, 0.4) is 0 Å². The van der Waals surface area contributed by atoms with E-state index >= 15 is 0 Å². The van der Waals surface area contributed by atoms with Gasteiger partial charge in [0.25, 0.3) is 0 Å². The second-order valence-electron chi connectivity index (χ2n) is 6.47. The van der Waals surface area contributed by atoms with Crippen LogP contribution in [0.2, 0.25) is 0 Å². The third-order valence-corrected chi connectivity index (χ3v) is 5.95. The lowest BCUT2D eigenvalue weighted by atomic mass is 9.82. The predicted molar refractivity (Wildman–Crippen MR) is 93.3 cm³/mol. The minimum Gasteiger partial charge on any atom is -0.357 e. The average Bonchev–Trinajstić information content (AvgIpc) is 3.17. The lowest BCUT2D eigenvalue weighted by molar-refractivity contribution is 0.299. The summed E-state index contributed by atoms with van der Waals surface area (Å²) < 4.78 is 0. The fourth-order valence-electron chi connectivity index (χ4n) is 3.74. The summed E-state index contributed by atoms with van der Waals surface area (Å²) in [4.78, 5) is 12.0. The van der Waals surface area contributed by atoms with Crippen LogP contribution in [-0.4, -0.2) is 35.5 Å². The molecule has 0 amide bonds. The highest BCUT2D eigenvalue weighted by atomic mass is 32.1. The Kier molecular flexibility index (Phi) is 5.34. The highest BCUT2D eigenvalue weighted by molar-refractivity contribution is 7.09. The van der Waals surface area contributed by atoms with E-state index in [4.69, 9.17) is 4.99 Å². The molecule has 0 radical (unpaired) electrons. The first kappa shape index (κ1) is 15.8. The summed E-state index contributed by atoms with van der Waals surface area (Å²) in [6, 6.07) is 0. The maximum absolute atomic E-state index is 4.85. The number of aromatic nitrogens is 1. The van der Waals surface area contributed by atoms with Crippen LogP contribution in [0, 0.1) is 11.8 Å². The fraction of sp³-hybridized carbons (Fsp3) is 0.765. The molecule has 3 rings (SSSR count). The van der Waals surface area contributed by atoms with Gasteiger partial charge in [0.15, 0.2) is 5.96 Å². The number of nitrogens with one attached hydrogen (secondary N) is 1. The highest BCUT2D eigenvalue weighted by Crippen LogP contribution is 2.35. The summed E-state index contributed by atoms with van der Waals surface area (Å²) in [5.74, 6) is 2.87. The number of hydrogen-bond acceptors (Lipinski definition) is 3. The van der Waals surface area contributed by atoms with Crippen LogP contribution in [0.1, 0.15) is 50.2 Å². The molecule has 122 valence electrons. The van der Waals surface area contributed by atoms with Crippen LogP contribution in [0.25, 0.3) is 0 Å². The molecule has 5 heteroatoms. The third kappa shape index (κ3) is 3.62. The van der Waals surface area contributed by atoms with Crippen molar-refractivity contribution < 1.29 is 0 Å². The molecule has 1 aromatic rings. The number of nitrogens with zero attached hydrogens (tertiary/aromatic N) is 3. The van der Waals surface area contributed by atoms with Gasteiger partial charge in [0.1, 0.15) is 0 Å². The van der Waals surface area contributed by atoms with Crippen LogP contribution in [-0.2, 0) is 13.0 Å². The maximum atomic E-state index is 4.85. The Bertz CT molecular complexity index is 497. The summed E-state index contributed by atoms with van der Waals surface area (Å²) in [7, 11) is 0. The van der Waals surface area contributed by atoms with Crippen molar-refractivity contribution in [3.63, 3.8) is 0 Å². The molecule has 4 nitrogen and oxygen atoms in total. The number of guanidine groups is 1. The number of aryl methyl sites for hydroxylation is 1. The van der Waals surface area contributed by atoms with Gasteiger partial charge in [-0.25, -0.2) is 9.98 Å². The summed E-state index contributed by atoms with van der Waals surface area (Å²) in [5, 5.41) is 6.84. The molecule has 1 aliphatic carbocycles. The van der Waals surface area contributed by atoms with Crippen LogP contribution in [0.15, 0.2) is 10.4 Å². The van der Waals surface area contributed by atoms with Gasteiger partial charge in [0.2, 0.25) is 0 Å². The molecule has 1 saturated carbocycles. The first-order chi connectivity index (χ1) is 10.8. The number of hydrogen-bond donors (Lipinski definition) is 1. The molecule has 0 spiro atoms. The number of thiazole rings is 1. The molecule has 1 aromatic heterocycles. The predicted octanol–water partition coefficient (Wildman–Crippen LogP) is 3.29. The van der Waals surface area contributed by atoms with E-state index in [1.54, 1.807) is 11.3 Å². The minimum absolute atomic E-state index is 0.699. The van der Waals surface area contributed by atoms with E-state index < -0.39 is 0 Å². The van der Waals surface area contributed by atoms with Crippen molar-refractivity contribution in [2.24, 2.45) is 16.8 Å². The number of likely N-dealkylation sites (tertiary alicyclic amines) is 1. The zero-order valence-electron chi connectivity index (χ0n) is 13.8. The quantitative estimate of drug-likeness (QED) is 0.683. The van der Waals surface area contributed by atoms with Crippen molar-refractivity contribution in [1.82, 2.24) is 15.2 Å². The van der Waals surface area contributed by atoms with E-state index in [0.717, 1.165) is 36.5 Å². The lowest BCUT2D eigenvalue weighted by Crippen LogP contribution is -2.40. The van der Waals surface area contributed by atoms with Crippen molar-refractivity contribution in [3.8, 4) is 0 Å². The van der Waals surface area contributed by atoms with Crippen molar-refractivity contribution in [1.29, 1.82) is 0 Å². The highest BCUT2D eigenvalue weighted by Gasteiger charge is 2.35. The molecule has 22 heavy (non-hydrogen) atoms. The van der Waals surface area contributed by atoms with E-state index in [1.807, 2.05) is 0 Å². The van der Waals surface area contributed by atoms with Gasteiger partial charge in [-0.15, -0.1) is 11.3 Å². The molecular weight excluding hydrogens is 292 g/mol. The van der Waals surface area contributed by atoms with Gasteiger partial charge in [-0.3, -0.25) is 0 Å². The van der Waals surface area contributed by atoms with Gasteiger partial charge >= 0.3 is 0 Å². The van der Waals surface area contributed by atoms with Gasteiger partial charge in [-0.2, -0.15) is 0 Å². The second kappa shape index (κ2) is 7.44. The standard InChI is InChI=1S/C17H28N4S/c1-3-16-20-15(12-22-16)9-19-17(18-4-2)21-10-13-7-5-6-8-14(13)11-21/h12-14H,3-11H2,1-2H3,(H,18,19). The Hall–Kier alpha value is -1.10. The molecule has 1 N–H and O–H groups in total. The van der Waals surface area contributed by atoms with E-state index in [-0.39, 0.29) is 0 Å². The zero-order chi connectivity index (χ0) is 15.4. The van der Waals surface area contributed by atoms with Crippen LogP contribution in [0.5, 0.6) is 0 Å². The second-order valence-corrected chi connectivity index (χ2v) is 7.41. The van der Waals surface area contributed by atoms with Crippen molar-refractivity contribution in [3.05, 3.63) is 16.1 Å². The van der Waals surface area contributed by atoms with Crippen molar-refractivity contribution in [2.45, 2.75) is 52.5 Å². The van der Waals surface area contributed by atoms with Gasteiger partial charge < -0.3 is 10.2 Å². The maximum Gasteiger partial charge on any atom is 0.194 e. The molecule has 2 aliphatic rings. The fourth-order valence-corrected chi connectivity index (χ4v) is 4.48. The smallest absolute Gasteiger partial charge is 0.194 e. The number of fused-ring (bicyclic) bond motifs is 1. The van der Waals surface area contributed by atoms with Crippen LogP contribution >= 0.6 is 11.3 Å². The minimum atomic E-state index is 0.699. The molecule has 1 saturated heterocycles. The topological polar surface area (TPSA) is 40.5 Å². The monoisotopic (exact) mass is 320 g/mol. The van der Waals surface area contributed by atoms with Gasteiger partial charge in [0.05, 0.1) is 17.2 Å². The molecule has 0 bridgehead atoms. The first-order valence-electron chi connectivity index (χ1n) is 8.76. The zero-order valence-corrected chi connectivity index (χ0v) is 14.7. The van der Waals surface area contributed by atoms with E-state index in [9.17, 15) is 0 Å². The van der Waals surface area contributed by atoms with Crippen molar-refractivity contribution >= 4 is 17.3 Å². The Morgan fingerprint density at radius 3 is 2.64 bits per heavy atom. The average molecular weight is 321 g/mol. The Balaban J connectivity index is 1.65. The molecule has 2 fully saturated rings. The van der Waals surface area contributed by atoms with Crippen molar-refractivity contribution in [2.75, 3.05) is 19.6 Å². The summed E-state index contributed by atoms with van der Waals surface area (Å²) in [6.07, 6.45) is 6.67. The van der Waals surface area contributed by atoms with Gasteiger partial charge in [-0.05, 0) is 38.0 Å². The Labute approximate surface area is 138 Å². The molecule has 1 aliphatic heterocycles. The lowest BCUT2D eigenvalue weighted by Gasteiger charge is -2.22. The SMILES string of the molecule is CCNC(=NCc1csc(CC)n1)N1CC2CCCCC2C1. The van der Waals surface area contributed by atoms with Crippen LogP contribution < -0.4 is 5.32 Å². The largest absolute Gasteiger partial charge is 0.357 e. The van der Waals surface area contributed by atoms with E-state index in [2.05, 4.69) is 34.4 Å². The molecular formula is C17H28N4S. The number of aliphatic imine (C=N–C) groups is 1. The summed E-state index contributed by atoms with van der Waals surface area (Å²) >= 11 is 1.75. The van der Waals surface area contributed by atoms with Gasteiger partial charge in [0, 0.05) is 25.0 Å². The van der Waals surface area contributed by atoms with Gasteiger partial charge in [-0.1, -0.05) is 19.8 Å². The molecule has 0 aromatic carbocycles. The summed E-state index contributed by atoms with van der Waals surface area (Å²) in [5.41, 5.74) is 1.11. The molecule has 2 unspecified atom stereocenters. The number of rotatable bonds is 4. The normalized spacial score (nSPS) is 25.4. The third-order valence-electron chi connectivity index (χ3n) is 4.90. The first-order valence-corrected chi connectivity index (χ1v) is 9.64.